The number of hydrogen-bond acceptors (Lipinski definition) is 4. The van der Waals surface area contributed by atoms with E-state index >= 15 is 0 Å². The largest absolute Gasteiger partial charge is 0.478 e. The van der Waals surface area contributed by atoms with Gasteiger partial charge in [0, 0.05) is 36.8 Å². The summed E-state index contributed by atoms with van der Waals surface area (Å²) in [5.41, 5.74) is 3.37. The molecule has 2 aromatic rings. The zero-order chi connectivity index (χ0) is 17.3. The van der Waals surface area contributed by atoms with E-state index in [0.717, 1.165) is 34.3 Å². The van der Waals surface area contributed by atoms with E-state index < -0.39 is 5.97 Å². The summed E-state index contributed by atoms with van der Waals surface area (Å²) in [5, 5.41) is 10.5. The van der Waals surface area contributed by atoms with E-state index in [0.29, 0.717) is 18.1 Å². The molecule has 1 amide bonds. The molecule has 1 aromatic heterocycles. The Bertz CT molecular complexity index is 882. The molecular weight excluding hydrogens is 326 g/mol. The van der Waals surface area contributed by atoms with Crippen LogP contribution in [0, 0.1) is 6.92 Å². The van der Waals surface area contributed by atoms with Gasteiger partial charge in [0.2, 0.25) is 0 Å². The first-order valence-corrected chi connectivity index (χ1v) is 8.29. The summed E-state index contributed by atoms with van der Waals surface area (Å²) in [6.07, 6.45) is 3.55. The highest BCUT2D eigenvalue weighted by atomic mass is 32.2. The first-order valence-electron chi connectivity index (χ1n) is 7.47. The molecule has 0 spiro atoms. The molecule has 7 heteroatoms. The minimum atomic E-state index is -1.13. The average molecular weight is 343 g/mol. The van der Waals surface area contributed by atoms with Crippen LogP contribution in [0.4, 0.5) is 0 Å². The van der Waals surface area contributed by atoms with Crippen LogP contribution in [0.3, 0.4) is 0 Å². The van der Waals surface area contributed by atoms with E-state index in [1.165, 1.54) is 10.5 Å². The van der Waals surface area contributed by atoms with Gasteiger partial charge < -0.3 is 10.1 Å². The fraction of sp³-hybridized carbons (Fsp3) is 0.235. The Morgan fingerprint density at radius 3 is 2.96 bits per heavy atom. The van der Waals surface area contributed by atoms with E-state index in [1.54, 1.807) is 7.05 Å². The van der Waals surface area contributed by atoms with Crippen molar-refractivity contribution in [3.63, 3.8) is 0 Å². The number of fused-ring (bicyclic) bond motifs is 1. The van der Waals surface area contributed by atoms with Crippen LogP contribution in [0.2, 0.25) is 0 Å². The van der Waals surface area contributed by atoms with Gasteiger partial charge in [-0.2, -0.15) is 0 Å². The van der Waals surface area contributed by atoms with Crippen LogP contribution in [-0.2, 0) is 16.0 Å². The van der Waals surface area contributed by atoms with Crippen LogP contribution in [0.15, 0.2) is 40.4 Å². The van der Waals surface area contributed by atoms with Gasteiger partial charge in [-0.3, -0.25) is 14.7 Å². The lowest BCUT2D eigenvalue weighted by atomic mass is 10.1. The van der Waals surface area contributed by atoms with Crippen molar-refractivity contribution in [1.29, 1.82) is 0 Å². The number of benzene rings is 1. The number of H-pyrrole nitrogens is 1. The van der Waals surface area contributed by atoms with Crippen molar-refractivity contribution in [2.24, 2.45) is 4.99 Å². The molecule has 6 nitrogen and oxygen atoms in total. The number of carbonyl (C=O) groups is 2. The molecule has 1 saturated heterocycles. The first kappa shape index (κ1) is 16.3. The smallest absolute Gasteiger partial charge is 0.329 e. The monoisotopic (exact) mass is 343 g/mol. The second kappa shape index (κ2) is 6.52. The van der Waals surface area contributed by atoms with Gasteiger partial charge in [-0.05, 0) is 42.8 Å². The molecule has 124 valence electrons. The van der Waals surface area contributed by atoms with Gasteiger partial charge in [0.25, 0.3) is 5.91 Å². The van der Waals surface area contributed by atoms with Crippen molar-refractivity contribution in [1.82, 2.24) is 9.88 Å². The Labute approximate surface area is 143 Å². The molecule has 1 aliphatic rings. The first-order chi connectivity index (χ1) is 11.5. The molecule has 3 rings (SSSR count). The summed E-state index contributed by atoms with van der Waals surface area (Å²) < 4.78 is 0. The standard InChI is InChI=1S/C17H17N3O3S/c1-10-3-4-13-12(7-10)11(9-19-13)5-6-20-16(23)14(8-15(21)22)24-17(20)18-2/h3-4,7-9,19H,5-6H2,1-2H3,(H,21,22). The van der Waals surface area contributed by atoms with Gasteiger partial charge in [-0.15, -0.1) is 0 Å². The third-order valence-corrected chi connectivity index (χ3v) is 4.96. The number of rotatable bonds is 4. The molecule has 0 unspecified atom stereocenters. The number of nitrogens with zero attached hydrogens (tertiary/aromatic N) is 2. The number of aliphatic imine (C=N–C) groups is 1. The molecular formula is C17H17N3O3S. The number of carbonyl (C=O) groups excluding carboxylic acids is 1. The van der Waals surface area contributed by atoms with Gasteiger partial charge >= 0.3 is 5.97 Å². The number of hydrogen-bond donors (Lipinski definition) is 2. The number of aromatic nitrogens is 1. The lowest BCUT2D eigenvalue weighted by Crippen LogP contribution is -2.31. The number of carboxylic acids is 1. The molecule has 0 aliphatic carbocycles. The molecule has 0 radical (unpaired) electrons. The highest BCUT2D eigenvalue weighted by Gasteiger charge is 2.33. The second-order valence-corrected chi connectivity index (χ2v) is 6.53. The van der Waals surface area contributed by atoms with Crippen LogP contribution in [0.5, 0.6) is 0 Å². The minimum absolute atomic E-state index is 0.192. The van der Waals surface area contributed by atoms with Gasteiger partial charge in [-0.25, -0.2) is 4.79 Å². The number of nitrogens with one attached hydrogen (secondary N) is 1. The van der Waals surface area contributed by atoms with Crippen LogP contribution in [0.25, 0.3) is 10.9 Å². The Morgan fingerprint density at radius 2 is 2.25 bits per heavy atom. The van der Waals surface area contributed by atoms with Crippen LogP contribution in [0.1, 0.15) is 11.1 Å². The number of aliphatic carboxylic acids is 1. The fourth-order valence-electron chi connectivity index (χ4n) is 2.72. The third kappa shape index (κ3) is 3.07. The fourth-order valence-corrected chi connectivity index (χ4v) is 3.64. The van der Waals surface area contributed by atoms with Crippen molar-refractivity contribution in [3.05, 3.63) is 46.5 Å². The van der Waals surface area contributed by atoms with E-state index in [1.807, 2.05) is 25.3 Å². The van der Waals surface area contributed by atoms with Crippen LogP contribution in [-0.4, -0.2) is 45.6 Å². The van der Waals surface area contributed by atoms with Crippen molar-refractivity contribution in [2.45, 2.75) is 13.3 Å². The lowest BCUT2D eigenvalue weighted by molar-refractivity contribution is -0.132. The molecule has 1 aromatic carbocycles. The van der Waals surface area contributed by atoms with E-state index in [4.69, 9.17) is 5.11 Å². The minimum Gasteiger partial charge on any atom is -0.478 e. The number of amides is 1. The zero-order valence-corrected chi connectivity index (χ0v) is 14.2. The summed E-state index contributed by atoms with van der Waals surface area (Å²) in [5.74, 6) is -1.44. The van der Waals surface area contributed by atoms with Crippen molar-refractivity contribution in [2.75, 3.05) is 13.6 Å². The van der Waals surface area contributed by atoms with Gasteiger partial charge in [0.15, 0.2) is 5.17 Å². The lowest BCUT2D eigenvalue weighted by Gasteiger charge is -2.14. The quantitative estimate of drug-likeness (QED) is 0.836. The third-order valence-electron chi connectivity index (χ3n) is 3.86. The number of carboxylic acid groups (broad SMARTS) is 1. The number of aryl methyl sites for hydroxylation is 1. The van der Waals surface area contributed by atoms with Crippen molar-refractivity contribution >= 4 is 39.7 Å². The summed E-state index contributed by atoms with van der Waals surface area (Å²) in [6, 6.07) is 6.21. The van der Waals surface area contributed by atoms with E-state index in [2.05, 4.69) is 16.0 Å². The maximum atomic E-state index is 12.4. The van der Waals surface area contributed by atoms with Gasteiger partial charge in [0.1, 0.15) is 0 Å². The Balaban J connectivity index is 1.81. The maximum absolute atomic E-state index is 12.4. The second-order valence-electron chi connectivity index (χ2n) is 5.52. The van der Waals surface area contributed by atoms with E-state index in [9.17, 15) is 9.59 Å². The Kier molecular flexibility index (Phi) is 4.44. The number of aromatic amines is 1. The maximum Gasteiger partial charge on any atom is 0.329 e. The van der Waals surface area contributed by atoms with Crippen molar-refractivity contribution < 1.29 is 14.7 Å². The molecule has 0 saturated carbocycles. The Hall–Kier alpha value is -2.54. The summed E-state index contributed by atoms with van der Waals surface area (Å²) in [4.78, 5) is 32.3. The molecule has 2 heterocycles. The number of thioether (sulfide) groups is 1. The van der Waals surface area contributed by atoms with Crippen LogP contribution < -0.4 is 0 Å². The van der Waals surface area contributed by atoms with Crippen LogP contribution >= 0.6 is 11.8 Å². The topological polar surface area (TPSA) is 85.8 Å². The molecule has 0 atom stereocenters. The predicted octanol–water partition coefficient (Wildman–Crippen LogP) is 2.55. The molecule has 1 fully saturated rings. The summed E-state index contributed by atoms with van der Waals surface area (Å²) in [7, 11) is 1.60. The van der Waals surface area contributed by atoms with Gasteiger partial charge in [-0.1, -0.05) is 11.6 Å². The molecule has 0 bridgehead atoms. The molecule has 24 heavy (non-hydrogen) atoms. The summed E-state index contributed by atoms with van der Waals surface area (Å²) >= 11 is 1.10. The molecule has 1 aliphatic heterocycles. The zero-order valence-electron chi connectivity index (χ0n) is 13.4. The highest BCUT2D eigenvalue weighted by molar-refractivity contribution is 8.18. The predicted molar refractivity (Wildman–Crippen MR) is 95.1 cm³/mol. The van der Waals surface area contributed by atoms with Gasteiger partial charge in [0.05, 0.1) is 4.91 Å². The van der Waals surface area contributed by atoms with E-state index in [-0.39, 0.29) is 10.8 Å². The van der Waals surface area contributed by atoms with Crippen molar-refractivity contribution in [3.8, 4) is 0 Å². The highest BCUT2D eigenvalue weighted by Crippen LogP contribution is 2.31. The SMILES string of the molecule is CN=C1SC(=CC(=O)O)C(=O)N1CCc1c[nH]c2ccc(C)cc12. The normalized spacial score (nSPS) is 18.2. The average Bonchev–Trinajstić information content (AvgIpc) is 3.06. The number of amidine groups is 1. The Morgan fingerprint density at radius 1 is 1.46 bits per heavy atom. The molecule has 2 N–H and O–H groups in total. The summed E-state index contributed by atoms with van der Waals surface area (Å²) in [6.45, 7) is 2.50.